The first-order valence-electron chi connectivity index (χ1n) is 6.30. The molecule has 0 aliphatic rings. The number of carboxylic acid groups (broad SMARTS) is 1. The minimum absolute atomic E-state index is 0.0354. The standard InChI is InChI=1S/C15H20N2O2/c1-11-9-12(14(18)19)5-6-13(11)17-10-15(2,3)7-4-8-16/h5-6,9,17H,4,7,10H2,1-3H3,(H,18,19). The highest BCUT2D eigenvalue weighted by molar-refractivity contribution is 5.88. The first-order chi connectivity index (χ1) is 8.85. The van der Waals surface area contributed by atoms with Gasteiger partial charge in [-0.05, 0) is 42.5 Å². The Morgan fingerprint density at radius 1 is 1.47 bits per heavy atom. The van der Waals surface area contributed by atoms with Gasteiger partial charge in [-0.15, -0.1) is 0 Å². The number of carboxylic acids is 1. The molecule has 0 aliphatic heterocycles. The molecule has 0 saturated heterocycles. The maximum absolute atomic E-state index is 10.8. The fourth-order valence-electron chi connectivity index (χ4n) is 1.81. The number of aromatic carboxylic acids is 1. The second-order valence-electron chi connectivity index (χ2n) is 5.51. The summed E-state index contributed by atoms with van der Waals surface area (Å²) in [7, 11) is 0. The molecule has 4 nitrogen and oxygen atoms in total. The van der Waals surface area contributed by atoms with E-state index in [1.165, 1.54) is 0 Å². The third-order valence-corrected chi connectivity index (χ3v) is 3.14. The van der Waals surface area contributed by atoms with Gasteiger partial charge in [0.05, 0.1) is 11.6 Å². The molecular formula is C15H20N2O2. The van der Waals surface area contributed by atoms with E-state index in [0.717, 1.165) is 24.2 Å². The zero-order valence-electron chi connectivity index (χ0n) is 11.7. The van der Waals surface area contributed by atoms with Crippen molar-refractivity contribution in [2.75, 3.05) is 11.9 Å². The lowest BCUT2D eigenvalue weighted by Gasteiger charge is -2.25. The Morgan fingerprint density at radius 2 is 2.16 bits per heavy atom. The van der Waals surface area contributed by atoms with E-state index in [0.29, 0.717) is 12.0 Å². The number of nitrogens with zero attached hydrogens (tertiary/aromatic N) is 1. The van der Waals surface area contributed by atoms with Gasteiger partial charge < -0.3 is 10.4 Å². The Kier molecular flexibility index (Phi) is 4.94. The van der Waals surface area contributed by atoms with E-state index < -0.39 is 5.97 Å². The number of hydrogen-bond donors (Lipinski definition) is 2. The number of carbonyl (C=O) groups is 1. The van der Waals surface area contributed by atoms with Gasteiger partial charge in [0.1, 0.15) is 0 Å². The van der Waals surface area contributed by atoms with E-state index in [1.54, 1.807) is 18.2 Å². The Hall–Kier alpha value is -2.02. The molecule has 0 unspecified atom stereocenters. The molecular weight excluding hydrogens is 240 g/mol. The number of benzene rings is 1. The minimum atomic E-state index is -0.913. The largest absolute Gasteiger partial charge is 0.478 e. The summed E-state index contributed by atoms with van der Waals surface area (Å²) in [4.78, 5) is 10.8. The van der Waals surface area contributed by atoms with Crippen molar-refractivity contribution < 1.29 is 9.90 Å². The zero-order valence-corrected chi connectivity index (χ0v) is 11.7. The van der Waals surface area contributed by atoms with Crippen molar-refractivity contribution in [1.29, 1.82) is 5.26 Å². The van der Waals surface area contributed by atoms with Crippen molar-refractivity contribution in [3.63, 3.8) is 0 Å². The van der Waals surface area contributed by atoms with Crippen molar-refractivity contribution in [3.8, 4) is 6.07 Å². The Bertz CT molecular complexity index is 501. The van der Waals surface area contributed by atoms with Gasteiger partial charge in [-0.25, -0.2) is 4.79 Å². The summed E-state index contributed by atoms with van der Waals surface area (Å²) in [5, 5.41) is 20.8. The highest BCUT2D eigenvalue weighted by Gasteiger charge is 2.17. The summed E-state index contributed by atoms with van der Waals surface area (Å²) in [6, 6.07) is 7.21. The van der Waals surface area contributed by atoms with Gasteiger partial charge in [-0.2, -0.15) is 5.26 Å². The Balaban J connectivity index is 2.68. The highest BCUT2D eigenvalue weighted by atomic mass is 16.4. The van der Waals surface area contributed by atoms with Crippen LogP contribution in [-0.4, -0.2) is 17.6 Å². The summed E-state index contributed by atoms with van der Waals surface area (Å²) < 4.78 is 0. The van der Waals surface area contributed by atoms with Crippen molar-refractivity contribution in [2.24, 2.45) is 5.41 Å². The predicted molar refractivity (Wildman–Crippen MR) is 75.3 cm³/mol. The minimum Gasteiger partial charge on any atom is -0.478 e. The second kappa shape index (κ2) is 6.24. The number of hydrogen-bond acceptors (Lipinski definition) is 3. The van der Waals surface area contributed by atoms with Crippen LogP contribution in [0.5, 0.6) is 0 Å². The average molecular weight is 260 g/mol. The van der Waals surface area contributed by atoms with Crippen LogP contribution < -0.4 is 5.32 Å². The number of rotatable bonds is 6. The number of nitriles is 1. The molecule has 0 spiro atoms. The molecule has 1 aromatic rings. The molecule has 0 aromatic heterocycles. The number of nitrogens with one attached hydrogen (secondary N) is 1. The van der Waals surface area contributed by atoms with Crippen molar-refractivity contribution in [1.82, 2.24) is 0 Å². The van der Waals surface area contributed by atoms with Crippen molar-refractivity contribution in [3.05, 3.63) is 29.3 Å². The fraction of sp³-hybridized carbons (Fsp3) is 0.467. The topological polar surface area (TPSA) is 73.1 Å². The maximum atomic E-state index is 10.8. The van der Waals surface area contributed by atoms with Crippen LogP contribution in [0.25, 0.3) is 0 Å². The first-order valence-corrected chi connectivity index (χ1v) is 6.30. The Labute approximate surface area is 114 Å². The molecule has 0 heterocycles. The second-order valence-corrected chi connectivity index (χ2v) is 5.51. The van der Waals surface area contributed by atoms with E-state index >= 15 is 0 Å². The van der Waals surface area contributed by atoms with Gasteiger partial charge in [-0.3, -0.25) is 0 Å². The first kappa shape index (κ1) is 15.0. The molecule has 0 fully saturated rings. The van der Waals surface area contributed by atoms with E-state index in [2.05, 4.69) is 25.2 Å². The quantitative estimate of drug-likeness (QED) is 0.821. The normalized spacial score (nSPS) is 10.8. The molecule has 1 rings (SSSR count). The van der Waals surface area contributed by atoms with E-state index in [4.69, 9.17) is 10.4 Å². The summed E-state index contributed by atoms with van der Waals surface area (Å²) in [5.74, 6) is -0.913. The van der Waals surface area contributed by atoms with Gasteiger partial charge in [0.2, 0.25) is 0 Å². The smallest absolute Gasteiger partial charge is 0.335 e. The summed E-state index contributed by atoms with van der Waals surface area (Å²) in [6.07, 6.45) is 1.38. The van der Waals surface area contributed by atoms with Crippen LogP contribution in [-0.2, 0) is 0 Å². The number of aryl methyl sites for hydroxylation is 1. The SMILES string of the molecule is Cc1cc(C(=O)O)ccc1NCC(C)(C)CCC#N. The molecule has 102 valence electrons. The molecule has 0 atom stereocenters. The summed E-state index contributed by atoms with van der Waals surface area (Å²) >= 11 is 0. The molecule has 0 radical (unpaired) electrons. The molecule has 0 amide bonds. The van der Waals surface area contributed by atoms with E-state index in [-0.39, 0.29) is 5.41 Å². The van der Waals surface area contributed by atoms with Crippen molar-refractivity contribution >= 4 is 11.7 Å². The van der Waals surface area contributed by atoms with Crippen LogP contribution in [0.3, 0.4) is 0 Å². The van der Waals surface area contributed by atoms with E-state index in [9.17, 15) is 4.79 Å². The molecule has 0 aliphatic carbocycles. The van der Waals surface area contributed by atoms with Crippen LogP contribution in [0, 0.1) is 23.7 Å². The predicted octanol–water partition coefficient (Wildman–Crippen LogP) is 3.44. The van der Waals surface area contributed by atoms with Crippen LogP contribution in [0.1, 0.15) is 42.6 Å². The molecule has 0 bridgehead atoms. The summed E-state index contributed by atoms with van der Waals surface area (Å²) in [6.45, 7) is 6.86. The lowest BCUT2D eigenvalue weighted by Crippen LogP contribution is -2.23. The highest BCUT2D eigenvalue weighted by Crippen LogP contribution is 2.24. The van der Waals surface area contributed by atoms with Crippen LogP contribution >= 0.6 is 0 Å². The van der Waals surface area contributed by atoms with Gasteiger partial charge in [0, 0.05) is 18.7 Å². The lowest BCUT2D eigenvalue weighted by atomic mass is 9.88. The van der Waals surface area contributed by atoms with Gasteiger partial charge in [0.25, 0.3) is 0 Å². The number of anilines is 1. The molecule has 4 heteroatoms. The van der Waals surface area contributed by atoms with Gasteiger partial charge >= 0.3 is 5.97 Å². The van der Waals surface area contributed by atoms with Crippen LogP contribution in [0.4, 0.5) is 5.69 Å². The van der Waals surface area contributed by atoms with Crippen LogP contribution in [0.2, 0.25) is 0 Å². The average Bonchev–Trinajstić information content (AvgIpc) is 2.35. The third kappa shape index (κ3) is 4.63. The van der Waals surface area contributed by atoms with Gasteiger partial charge in [-0.1, -0.05) is 13.8 Å². The molecule has 0 saturated carbocycles. The fourth-order valence-corrected chi connectivity index (χ4v) is 1.81. The Morgan fingerprint density at radius 3 is 2.68 bits per heavy atom. The van der Waals surface area contributed by atoms with Crippen molar-refractivity contribution in [2.45, 2.75) is 33.6 Å². The monoisotopic (exact) mass is 260 g/mol. The van der Waals surface area contributed by atoms with Crippen LogP contribution in [0.15, 0.2) is 18.2 Å². The third-order valence-electron chi connectivity index (χ3n) is 3.14. The zero-order chi connectivity index (χ0) is 14.5. The molecule has 19 heavy (non-hydrogen) atoms. The molecule has 2 N–H and O–H groups in total. The lowest BCUT2D eigenvalue weighted by molar-refractivity contribution is 0.0697. The maximum Gasteiger partial charge on any atom is 0.335 e. The molecule has 1 aromatic carbocycles. The van der Waals surface area contributed by atoms with Gasteiger partial charge in [0.15, 0.2) is 0 Å². The summed E-state index contributed by atoms with van der Waals surface area (Å²) in [5.41, 5.74) is 2.19. The van der Waals surface area contributed by atoms with E-state index in [1.807, 2.05) is 6.92 Å².